The molecule has 66 heavy (non-hydrogen) atoms. The Balaban J connectivity index is 0.000000173. The number of rotatable bonds is 15. The van der Waals surface area contributed by atoms with E-state index >= 15 is 0 Å². The zero-order chi connectivity index (χ0) is 46.4. The highest BCUT2D eigenvalue weighted by atomic mass is 16.5. The molecule has 0 radical (unpaired) electrons. The van der Waals surface area contributed by atoms with Crippen molar-refractivity contribution in [2.24, 2.45) is 57.8 Å². The monoisotopic (exact) mass is 897 g/mol. The van der Waals surface area contributed by atoms with E-state index < -0.39 is 0 Å². The molecular weight excluding hydrogens is 829 g/mol. The summed E-state index contributed by atoms with van der Waals surface area (Å²) in [6.45, 7) is 6.82. The number of hydrogen-bond acceptors (Lipinski definition) is 15. The molecule has 9 N–H and O–H groups in total. The van der Waals surface area contributed by atoms with Crippen LogP contribution in [-0.4, -0.2) is 71.0 Å². The Morgan fingerprint density at radius 2 is 1.18 bits per heavy atom. The van der Waals surface area contributed by atoms with Gasteiger partial charge in [-0.3, -0.25) is 0 Å². The lowest BCUT2D eigenvalue weighted by Gasteiger charge is -2.59. The lowest BCUT2D eigenvalue weighted by atomic mass is 9.48. The highest BCUT2D eigenvalue weighted by Gasteiger charge is 2.55. The van der Waals surface area contributed by atoms with Crippen LogP contribution in [0.5, 0.6) is 17.2 Å². The lowest BCUT2D eigenvalue weighted by molar-refractivity contribution is -0.0592. The van der Waals surface area contributed by atoms with Crippen LogP contribution in [0.1, 0.15) is 100 Å². The van der Waals surface area contributed by atoms with E-state index in [0.29, 0.717) is 95.0 Å². The molecule has 0 aliphatic heterocycles. The van der Waals surface area contributed by atoms with Gasteiger partial charge in [0, 0.05) is 43.8 Å². The van der Waals surface area contributed by atoms with Gasteiger partial charge in [0.25, 0.3) is 0 Å². The number of phenols is 1. The predicted octanol–water partition coefficient (Wildman–Crippen LogP) is 7.84. The van der Waals surface area contributed by atoms with Crippen molar-refractivity contribution >= 4 is 23.5 Å². The van der Waals surface area contributed by atoms with Gasteiger partial charge in [0.1, 0.15) is 40.7 Å². The fourth-order valence-electron chi connectivity index (χ4n) is 13.1. The molecule has 8 aliphatic carbocycles. The number of hydrogen-bond donors (Lipinski definition) is 7. The van der Waals surface area contributed by atoms with Crippen molar-refractivity contribution in [1.82, 2.24) is 19.9 Å². The summed E-state index contributed by atoms with van der Waals surface area (Å²) < 4.78 is 10.9. The van der Waals surface area contributed by atoms with Gasteiger partial charge in [0.2, 0.25) is 11.9 Å². The molecule has 0 amide bonds. The zero-order valence-electron chi connectivity index (χ0n) is 39.0. The van der Waals surface area contributed by atoms with Crippen molar-refractivity contribution in [2.45, 2.75) is 103 Å². The summed E-state index contributed by atoms with van der Waals surface area (Å²) in [7, 11) is 3.24. The van der Waals surface area contributed by atoms with Crippen LogP contribution in [0, 0.1) is 69.0 Å². The fourth-order valence-corrected chi connectivity index (χ4v) is 13.1. The summed E-state index contributed by atoms with van der Waals surface area (Å²) in [6, 6.07) is 18.1. The van der Waals surface area contributed by atoms with Crippen molar-refractivity contribution in [1.29, 1.82) is 10.5 Å². The second kappa shape index (κ2) is 20.3. The molecule has 2 heterocycles. The summed E-state index contributed by atoms with van der Waals surface area (Å²) in [5.74, 6) is 8.05. The van der Waals surface area contributed by atoms with Gasteiger partial charge in [0.15, 0.2) is 11.5 Å². The molecule has 0 saturated heterocycles. The number of nitrogens with one attached hydrogen (secondary N) is 4. The van der Waals surface area contributed by atoms with Gasteiger partial charge < -0.3 is 47.3 Å². The first-order valence-electron chi connectivity index (χ1n) is 24.1. The molecule has 8 bridgehead atoms. The number of methoxy groups -OCH3 is 2. The summed E-state index contributed by atoms with van der Waals surface area (Å²) in [5, 5.41) is 42.0. The first-order chi connectivity index (χ1) is 32.1. The minimum Gasteiger partial charge on any atom is -0.508 e. The Bertz CT molecular complexity index is 2350. The Labute approximate surface area is 389 Å². The Kier molecular flexibility index (Phi) is 14.4. The largest absolute Gasteiger partial charge is 0.508 e. The molecule has 4 atom stereocenters. The van der Waals surface area contributed by atoms with Crippen molar-refractivity contribution in [3.8, 4) is 29.4 Å². The van der Waals surface area contributed by atoms with E-state index in [-0.39, 0.29) is 16.6 Å². The molecule has 4 aromatic rings. The maximum atomic E-state index is 9.60. The van der Waals surface area contributed by atoms with E-state index in [2.05, 4.69) is 53.3 Å². The second-order valence-corrected chi connectivity index (χ2v) is 19.8. The Morgan fingerprint density at radius 3 is 1.65 bits per heavy atom. The van der Waals surface area contributed by atoms with Gasteiger partial charge in [0.05, 0.1) is 26.6 Å². The maximum absolute atomic E-state index is 9.60. The smallest absolute Gasteiger partial charge is 0.224 e. The van der Waals surface area contributed by atoms with Crippen LogP contribution in [-0.2, 0) is 13.0 Å². The van der Waals surface area contributed by atoms with Crippen LogP contribution in [0.25, 0.3) is 0 Å². The van der Waals surface area contributed by atoms with Gasteiger partial charge >= 0.3 is 0 Å². The highest BCUT2D eigenvalue weighted by molar-refractivity contribution is 5.55. The number of phenolic OH excluding ortho intramolecular Hbond substituents is 1. The van der Waals surface area contributed by atoms with Gasteiger partial charge in [-0.25, -0.2) is 9.97 Å². The number of nitrogens with zero attached hydrogens (tertiary/aromatic N) is 6. The van der Waals surface area contributed by atoms with Crippen LogP contribution < -0.4 is 42.2 Å². The molecule has 350 valence electrons. The molecule has 8 aliphatic rings. The number of benzene rings is 2. The third-order valence-corrected chi connectivity index (χ3v) is 15.6. The fraction of sp³-hybridized carbons (Fsp3) is 0.569. The minimum absolute atomic E-state index is 0.267. The van der Waals surface area contributed by atoms with Gasteiger partial charge in [-0.05, 0) is 141 Å². The first kappa shape index (κ1) is 46.6. The predicted molar refractivity (Wildman–Crippen MR) is 257 cm³/mol. The van der Waals surface area contributed by atoms with Crippen LogP contribution in [0.2, 0.25) is 0 Å². The molecule has 2 aromatic carbocycles. The third kappa shape index (κ3) is 10.1. The Morgan fingerprint density at radius 1 is 0.682 bits per heavy atom. The van der Waals surface area contributed by atoms with E-state index in [1.165, 1.54) is 64.2 Å². The number of nitrogens with two attached hydrogens (primary N) is 2. The topological polar surface area (TPSA) is 238 Å². The van der Waals surface area contributed by atoms with E-state index in [1.54, 1.807) is 38.7 Å². The number of para-hydroxylation sites is 1. The normalized spacial score (nSPS) is 29.2. The first-order valence-corrected chi connectivity index (χ1v) is 24.1. The molecule has 15 nitrogen and oxygen atoms in total. The van der Waals surface area contributed by atoms with Gasteiger partial charge in [-0.2, -0.15) is 20.5 Å². The van der Waals surface area contributed by atoms with E-state index in [9.17, 15) is 15.6 Å². The minimum atomic E-state index is 0.267. The molecule has 2 aromatic heterocycles. The average Bonchev–Trinajstić information content (AvgIpc) is 3.33. The summed E-state index contributed by atoms with van der Waals surface area (Å²) >= 11 is 0. The van der Waals surface area contributed by atoms with Crippen molar-refractivity contribution in [3.05, 3.63) is 77.1 Å². The van der Waals surface area contributed by atoms with E-state index in [1.807, 2.05) is 44.2 Å². The van der Waals surface area contributed by atoms with Crippen LogP contribution >= 0.6 is 0 Å². The highest BCUT2D eigenvalue weighted by Crippen LogP contribution is 2.60. The molecule has 15 heteroatoms. The lowest BCUT2D eigenvalue weighted by Crippen LogP contribution is -2.58. The summed E-state index contributed by atoms with van der Waals surface area (Å²) in [5.41, 5.74) is 16.6. The zero-order valence-corrected chi connectivity index (χ0v) is 39.0. The van der Waals surface area contributed by atoms with Crippen LogP contribution in [0.15, 0.2) is 54.9 Å². The number of anilines is 4. The molecule has 8 fully saturated rings. The third-order valence-electron chi connectivity index (χ3n) is 15.6. The van der Waals surface area contributed by atoms with Crippen molar-refractivity contribution in [2.75, 3.05) is 55.1 Å². The number of ether oxygens (including phenoxy) is 2. The number of nitriles is 2. The van der Waals surface area contributed by atoms with Crippen molar-refractivity contribution in [3.63, 3.8) is 0 Å². The second-order valence-electron chi connectivity index (χ2n) is 19.8. The molecule has 12 rings (SSSR count). The average molecular weight is 897 g/mol. The number of aromatic hydroxyl groups is 1. The van der Waals surface area contributed by atoms with E-state index in [4.69, 9.17) is 20.9 Å². The van der Waals surface area contributed by atoms with Crippen LogP contribution in [0.4, 0.5) is 23.5 Å². The Hall–Kier alpha value is -5.90. The molecular formula is C51H68N12O3. The standard InChI is InChI=1S/C25H32N6O2.C24H30N6O.C2H6/c1-32-20-5-3-4-16(22(20)33-2)12-28-24-29-13-19(11-26)23(31-24)30-14-25-8-15-6-17(9-25)21(27)18(7-15)10-25;25-12-19-13-28-23(27-6-5-15-1-3-20(31)4-2-15)30-22(19)29-14-24-9-16-7-17(10-24)21(26)18(8-16)11-24;1-2/h3-5,13,15,17-18,21H,6-10,12,14,27H2,1-2H3,(H2,28,29,30,31);1-4,13,16-18,21,31H,5-11,14,26H2,(H2,27,28,29,30);1-2H3. The SMILES string of the molecule is CC.COc1cccc(CNc2ncc(C#N)c(NCC34CC5CC(C3)C(N)C(C5)C4)n2)c1OC.N#Cc1cnc(NCCc2ccc(O)cc2)nc1NCC12CC3CC(C1)C(N)C(C3)C2. The van der Waals surface area contributed by atoms with Crippen molar-refractivity contribution < 1.29 is 14.6 Å². The summed E-state index contributed by atoms with van der Waals surface area (Å²) in [4.78, 5) is 17.9. The summed E-state index contributed by atoms with van der Waals surface area (Å²) in [6.07, 6.45) is 16.4. The quantitative estimate of drug-likeness (QED) is 0.0602. The van der Waals surface area contributed by atoms with Crippen LogP contribution in [0.3, 0.4) is 0 Å². The van der Waals surface area contributed by atoms with E-state index in [0.717, 1.165) is 42.5 Å². The van der Waals surface area contributed by atoms with Gasteiger partial charge in [-0.1, -0.05) is 38.1 Å². The molecule has 4 unspecified atom stereocenters. The maximum Gasteiger partial charge on any atom is 0.224 e. The molecule has 8 saturated carbocycles. The molecule has 0 spiro atoms. The van der Waals surface area contributed by atoms with Gasteiger partial charge in [-0.15, -0.1) is 0 Å². The number of aromatic nitrogens is 4.